The molecule has 19 heavy (non-hydrogen) atoms. The number of allylic oxidation sites excluding steroid dienone is 1. The van der Waals surface area contributed by atoms with Crippen molar-refractivity contribution in [2.75, 3.05) is 13.1 Å². The Morgan fingerprint density at radius 2 is 1.89 bits per heavy atom. The normalized spacial score (nSPS) is 16.6. The van der Waals surface area contributed by atoms with Crippen LogP contribution in [0.4, 0.5) is 4.39 Å². The van der Waals surface area contributed by atoms with E-state index in [1.54, 1.807) is 13.0 Å². The van der Waals surface area contributed by atoms with Crippen molar-refractivity contribution in [2.24, 2.45) is 0 Å². The number of hydrogen-bond donors (Lipinski definition) is 0. The van der Waals surface area contributed by atoms with Gasteiger partial charge in [0.2, 0.25) is 5.91 Å². The van der Waals surface area contributed by atoms with Gasteiger partial charge in [0.05, 0.1) is 4.90 Å². The second-order valence-electron chi connectivity index (χ2n) is 4.36. The molecule has 102 valence electrons. The summed E-state index contributed by atoms with van der Waals surface area (Å²) in [6, 6.07) is 4.74. The van der Waals surface area contributed by atoms with Crippen molar-refractivity contribution in [2.45, 2.75) is 17.1 Å². The van der Waals surface area contributed by atoms with Crippen molar-refractivity contribution in [3.8, 4) is 0 Å². The molecular formula is C13H14FNO3S. The van der Waals surface area contributed by atoms with Crippen LogP contribution in [0.5, 0.6) is 0 Å². The maximum atomic E-state index is 12.8. The second kappa shape index (κ2) is 5.13. The molecule has 1 aliphatic rings. The maximum absolute atomic E-state index is 12.8. The summed E-state index contributed by atoms with van der Waals surface area (Å²) < 4.78 is 37.1. The molecule has 0 atom stereocenters. The molecule has 1 saturated heterocycles. The van der Waals surface area contributed by atoms with E-state index in [0.717, 1.165) is 12.1 Å². The number of sulfone groups is 1. The highest BCUT2D eigenvalue weighted by atomic mass is 32.2. The van der Waals surface area contributed by atoms with Crippen molar-refractivity contribution < 1.29 is 17.6 Å². The summed E-state index contributed by atoms with van der Waals surface area (Å²) >= 11 is 0. The predicted molar refractivity (Wildman–Crippen MR) is 68.8 cm³/mol. The lowest BCUT2D eigenvalue weighted by molar-refractivity contribution is -0.129. The van der Waals surface area contributed by atoms with E-state index in [9.17, 15) is 17.6 Å². The summed E-state index contributed by atoms with van der Waals surface area (Å²) in [4.78, 5) is 13.0. The average Bonchev–Trinajstić information content (AvgIpc) is 2.27. The van der Waals surface area contributed by atoms with E-state index in [0.29, 0.717) is 0 Å². The predicted octanol–water partition coefficient (Wildman–Crippen LogP) is 1.39. The summed E-state index contributed by atoms with van der Waals surface area (Å²) in [5.74, 6) is -0.662. The summed E-state index contributed by atoms with van der Waals surface area (Å²) in [6.45, 7) is 2.09. The number of carbonyl (C=O) groups excluding carboxylic acids is 1. The van der Waals surface area contributed by atoms with Crippen molar-refractivity contribution >= 4 is 15.7 Å². The van der Waals surface area contributed by atoms with Gasteiger partial charge in [-0.2, -0.15) is 0 Å². The van der Waals surface area contributed by atoms with Crippen LogP contribution in [0.1, 0.15) is 6.92 Å². The first kappa shape index (κ1) is 13.7. The molecule has 1 aromatic carbocycles. The zero-order valence-electron chi connectivity index (χ0n) is 10.4. The summed E-state index contributed by atoms with van der Waals surface area (Å²) in [5.41, 5.74) is 0. The molecule has 2 rings (SSSR count). The monoisotopic (exact) mass is 283 g/mol. The third kappa shape index (κ3) is 2.68. The Labute approximate surface area is 111 Å². The van der Waals surface area contributed by atoms with Crippen molar-refractivity contribution in [1.82, 2.24) is 4.90 Å². The highest BCUT2D eigenvalue weighted by Crippen LogP contribution is 2.24. The topological polar surface area (TPSA) is 54.5 Å². The van der Waals surface area contributed by atoms with Gasteiger partial charge in [-0.25, -0.2) is 12.8 Å². The van der Waals surface area contributed by atoms with Crippen molar-refractivity contribution in [3.05, 3.63) is 42.2 Å². The Balaban J connectivity index is 2.08. The lowest BCUT2D eigenvalue weighted by Crippen LogP contribution is -2.56. The summed E-state index contributed by atoms with van der Waals surface area (Å²) in [5, 5.41) is -0.604. The molecule has 1 amide bonds. The van der Waals surface area contributed by atoms with E-state index < -0.39 is 20.9 Å². The van der Waals surface area contributed by atoms with Crippen LogP contribution in [0, 0.1) is 5.82 Å². The Morgan fingerprint density at radius 1 is 1.32 bits per heavy atom. The van der Waals surface area contributed by atoms with Gasteiger partial charge in [-0.15, -0.1) is 0 Å². The fourth-order valence-electron chi connectivity index (χ4n) is 1.88. The van der Waals surface area contributed by atoms with Gasteiger partial charge >= 0.3 is 0 Å². The molecule has 0 radical (unpaired) electrons. The number of rotatable bonds is 3. The standard InChI is InChI=1S/C13H14FNO3S/c1-2-3-13(16)15-8-12(9-15)19(17,18)11-6-4-10(14)5-7-11/h2-7,12H,8-9H2,1H3/b3-2+. The molecule has 1 aromatic rings. The minimum Gasteiger partial charge on any atom is -0.336 e. The van der Waals surface area contributed by atoms with Gasteiger partial charge < -0.3 is 4.90 Å². The molecule has 0 saturated carbocycles. The molecule has 1 aliphatic heterocycles. The smallest absolute Gasteiger partial charge is 0.246 e. The van der Waals surface area contributed by atoms with Crippen molar-refractivity contribution in [1.29, 1.82) is 0 Å². The molecule has 0 spiro atoms. The van der Waals surface area contributed by atoms with E-state index in [4.69, 9.17) is 0 Å². The number of nitrogens with zero attached hydrogens (tertiary/aromatic N) is 1. The van der Waals surface area contributed by atoms with Gasteiger partial charge in [-0.1, -0.05) is 6.08 Å². The second-order valence-corrected chi connectivity index (χ2v) is 6.59. The molecule has 6 heteroatoms. The quantitative estimate of drug-likeness (QED) is 0.622. The average molecular weight is 283 g/mol. The Hall–Kier alpha value is -1.69. The zero-order valence-corrected chi connectivity index (χ0v) is 11.2. The third-order valence-corrected chi connectivity index (χ3v) is 5.16. The van der Waals surface area contributed by atoms with Gasteiger partial charge in [-0.05, 0) is 37.3 Å². The van der Waals surface area contributed by atoms with Gasteiger partial charge in [-0.3, -0.25) is 4.79 Å². The lowest BCUT2D eigenvalue weighted by Gasteiger charge is -2.37. The molecule has 0 aromatic heterocycles. The van der Waals surface area contributed by atoms with Crippen LogP contribution in [0.2, 0.25) is 0 Å². The van der Waals surface area contributed by atoms with Crippen LogP contribution < -0.4 is 0 Å². The molecule has 4 nitrogen and oxygen atoms in total. The number of halogens is 1. The van der Waals surface area contributed by atoms with Crippen LogP contribution >= 0.6 is 0 Å². The molecule has 1 fully saturated rings. The molecule has 0 aliphatic carbocycles. The Kier molecular flexibility index (Phi) is 3.71. The van der Waals surface area contributed by atoms with Crippen LogP contribution in [0.3, 0.4) is 0 Å². The summed E-state index contributed by atoms with van der Waals surface area (Å²) in [6.07, 6.45) is 3.02. The third-order valence-electron chi connectivity index (χ3n) is 3.05. The van der Waals surface area contributed by atoms with Gasteiger partial charge in [0.25, 0.3) is 0 Å². The molecule has 1 heterocycles. The Morgan fingerprint density at radius 3 is 2.42 bits per heavy atom. The maximum Gasteiger partial charge on any atom is 0.246 e. The van der Waals surface area contributed by atoms with E-state index in [-0.39, 0.29) is 23.9 Å². The van der Waals surface area contributed by atoms with Gasteiger partial charge in [0, 0.05) is 13.1 Å². The summed E-state index contributed by atoms with van der Waals surface area (Å²) in [7, 11) is -3.49. The minimum atomic E-state index is -3.49. The zero-order chi connectivity index (χ0) is 14.0. The fourth-order valence-corrected chi connectivity index (χ4v) is 3.53. The fraction of sp³-hybridized carbons (Fsp3) is 0.308. The van der Waals surface area contributed by atoms with Crippen LogP contribution in [0.15, 0.2) is 41.3 Å². The minimum absolute atomic E-state index is 0.0945. The SMILES string of the molecule is C/C=C/C(=O)N1CC(S(=O)(=O)c2ccc(F)cc2)C1. The van der Waals surface area contributed by atoms with E-state index >= 15 is 0 Å². The first-order chi connectivity index (χ1) is 8.95. The van der Waals surface area contributed by atoms with Crippen molar-refractivity contribution in [3.63, 3.8) is 0 Å². The largest absolute Gasteiger partial charge is 0.336 e. The number of amides is 1. The number of benzene rings is 1. The van der Waals surface area contributed by atoms with Crippen LogP contribution in [0.25, 0.3) is 0 Å². The van der Waals surface area contributed by atoms with Gasteiger partial charge in [0.1, 0.15) is 11.1 Å². The lowest BCUT2D eigenvalue weighted by atomic mass is 10.2. The van der Waals surface area contributed by atoms with E-state index in [2.05, 4.69) is 0 Å². The number of hydrogen-bond acceptors (Lipinski definition) is 3. The first-order valence-corrected chi connectivity index (χ1v) is 7.41. The van der Waals surface area contributed by atoms with Gasteiger partial charge in [0.15, 0.2) is 9.84 Å². The Bertz CT molecular complexity index is 601. The molecular weight excluding hydrogens is 269 g/mol. The van der Waals surface area contributed by atoms with Crippen LogP contribution in [-0.4, -0.2) is 37.6 Å². The van der Waals surface area contributed by atoms with Crippen LogP contribution in [-0.2, 0) is 14.6 Å². The molecule has 0 unspecified atom stereocenters. The van der Waals surface area contributed by atoms with E-state index in [1.807, 2.05) is 0 Å². The first-order valence-electron chi connectivity index (χ1n) is 5.86. The molecule has 0 bridgehead atoms. The highest BCUT2D eigenvalue weighted by Gasteiger charge is 2.39. The number of likely N-dealkylation sites (tertiary alicyclic amines) is 1. The number of carbonyl (C=O) groups is 1. The molecule has 0 N–H and O–H groups in total. The van der Waals surface area contributed by atoms with E-state index in [1.165, 1.54) is 23.1 Å². The highest BCUT2D eigenvalue weighted by molar-refractivity contribution is 7.92.